The summed E-state index contributed by atoms with van der Waals surface area (Å²) in [6, 6.07) is 8.72. The Morgan fingerprint density at radius 2 is 1.85 bits per heavy atom. The number of hydrogen-bond donors (Lipinski definition) is 1. The standard InChI is InChI=1S/C15H14BrF2NO/c1-9(19)6-10-2-4-14(12(16)7-10)20-15-5-3-11(17)8-13(15)18/h2-5,7-9H,6,19H2,1H3. The average Bonchev–Trinajstić information content (AvgIpc) is 2.34. The Bertz CT molecular complexity index is 617. The Morgan fingerprint density at radius 3 is 2.45 bits per heavy atom. The average molecular weight is 342 g/mol. The van der Waals surface area contributed by atoms with Crippen molar-refractivity contribution in [2.75, 3.05) is 0 Å². The van der Waals surface area contributed by atoms with E-state index < -0.39 is 11.6 Å². The summed E-state index contributed by atoms with van der Waals surface area (Å²) in [5.41, 5.74) is 6.79. The van der Waals surface area contributed by atoms with Crippen molar-refractivity contribution in [3.05, 3.63) is 58.1 Å². The SMILES string of the molecule is CC(N)Cc1ccc(Oc2ccc(F)cc2F)c(Br)c1. The first-order valence-electron chi connectivity index (χ1n) is 6.12. The van der Waals surface area contributed by atoms with Crippen molar-refractivity contribution >= 4 is 15.9 Å². The molecule has 0 spiro atoms. The molecule has 0 aliphatic rings. The smallest absolute Gasteiger partial charge is 0.168 e. The van der Waals surface area contributed by atoms with Gasteiger partial charge in [0, 0.05) is 12.1 Å². The highest BCUT2D eigenvalue weighted by Gasteiger charge is 2.09. The van der Waals surface area contributed by atoms with Gasteiger partial charge in [0.05, 0.1) is 4.47 Å². The number of benzene rings is 2. The lowest BCUT2D eigenvalue weighted by molar-refractivity contribution is 0.435. The maximum Gasteiger partial charge on any atom is 0.168 e. The van der Waals surface area contributed by atoms with Gasteiger partial charge in [-0.05, 0) is 59.1 Å². The molecule has 2 aromatic rings. The van der Waals surface area contributed by atoms with Crippen LogP contribution in [0.4, 0.5) is 8.78 Å². The molecule has 0 heterocycles. The molecule has 0 aliphatic heterocycles. The molecule has 0 saturated carbocycles. The van der Waals surface area contributed by atoms with Crippen LogP contribution in [0.15, 0.2) is 40.9 Å². The molecule has 2 N–H and O–H groups in total. The van der Waals surface area contributed by atoms with Crippen molar-refractivity contribution in [3.8, 4) is 11.5 Å². The van der Waals surface area contributed by atoms with Crippen LogP contribution in [0.2, 0.25) is 0 Å². The number of hydrogen-bond acceptors (Lipinski definition) is 2. The summed E-state index contributed by atoms with van der Waals surface area (Å²) in [6.07, 6.45) is 0.740. The fraction of sp³-hybridized carbons (Fsp3) is 0.200. The molecule has 0 radical (unpaired) electrons. The molecule has 2 aromatic carbocycles. The summed E-state index contributed by atoms with van der Waals surface area (Å²) in [6.45, 7) is 1.92. The zero-order valence-electron chi connectivity index (χ0n) is 10.9. The van der Waals surface area contributed by atoms with Crippen molar-refractivity contribution in [2.24, 2.45) is 5.73 Å². The minimum absolute atomic E-state index is 0.0213. The van der Waals surface area contributed by atoms with Gasteiger partial charge in [0.25, 0.3) is 0 Å². The van der Waals surface area contributed by atoms with Gasteiger partial charge in [-0.25, -0.2) is 8.78 Å². The molecule has 5 heteroatoms. The normalized spacial score (nSPS) is 12.2. The molecule has 2 nitrogen and oxygen atoms in total. The molecule has 2 rings (SSSR count). The molecule has 0 aliphatic carbocycles. The fourth-order valence-corrected chi connectivity index (χ4v) is 2.31. The van der Waals surface area contributed by atoms with Crippen LogP contribution in [0.1, 0.15) is 12.5 Å². The highest BCUT2D eigenvalue weighted by molar-refractivity contribution is 9.10. The number of nitrogens with two attached hydrogens (primary N) is 1. The first kappa shape index (κ1) is 14.9. The molecule has 0 amide bonds. The lowest BCUT2D eigenvalue weighted by Crippen LogP contribution is -2.17. The summed E-state index contributed by atoms with van der Waals surface area (Å²) in [5, 5.41) is 0. The van der Waals surface area contributed by atoms with Crippen molar-refractivity contribution in [1.29, 1.82) is 0 Å². The monoisotopic (exact) mass is 341 g/mol. The van der Waals surface area contributed by atoms with Gasteiger partial charge in [0.15, 0.2) is 11.6 Å². The van der Waals surface area contributed by atoms with Crippen molar-refractivity contribution in [3.63, 3.8) is 0 Å². The number of halogens is 3. The third-order valence-corrected chi connectivity index (χ3v) is 3.29. The first-order valence-corrected chi connectivity index (χ1v) is 6.92. The van der Waals surface area contributed by atoms with Crippen molar-refractivity contribution in [1.82, 2.24) is 0 Å². The van der Waals surface area contributed by atoms with E-state index in [-0.39, 0.29) is 11.8 Å². The Balaban J connectivity index is 2.21. The van der Waals surface area contributed by atoms with Crippen LogP contribution in [0.5, 0.6) is 11.5 Å². The Hall–Kier alpha value is -1.46. The van der Waals surface area contributed by atoms with Gasteiger partial charge in [-0.15, -0.1) is 0 Å². The summed E-state index contributed by atoms with van der Waals surface area (Å²) in [7, 11) is 0. The van der Waals surface area contributed by atoms with Gasteiger partial charge in [0.1, 0.15) is 11.6 Å². The summed E-state index contributed by atoms with van der Waals surface area (Å²) < 4.78 is 32.5. The second-order valence-electron chi connectivity index (χ2n) is 4.62. The molecule has 20 heavy (non-hydrogen) atoms. The van der Waals surface area contributed by atoms with Crippen LogP contribution in [0, 0.1) is 11.6 Å². The topological polar surface area (TPSA) is 35.2 Å². The quantitative estimate of drug-likeness (QED) is 0.893. The number of rotatable bonds is 4. The van der Waals surface area contributed by atoms with E-state index in [1.54, 1.807) is 6.07 Å². The lowest BCUT2D eigenvalue weighted by Gasteiger charge is -2.11. The molecular weight excluding hydrogens is 328 g/mol. The van der Waals surface area contributed by atoms with E-state index in [9.17, 15) is 8.78 Å². The summed E-state index contributed by atoms with van der Waals surface area (Å²) in [4.78, 5) is 0. The minimum Gasteiger partial charge on any atom is -0.453 e. The van der Waals surface area contributed by atoms with Crippen LogP contribution < -0.4 is 10.5 Å². The lowest BCUT2D eigenvalue weighted by atomic mass is 10.1. The number of ether oxygens (including phenoxy) is 1. The zero-order chi connectivity index (χ0) is 14.7. The minimum atomic E-state index is -0.739. The highest BCUT2D eigenvalue weighted by atomic mass is 79.9. The Morgan fingerprint density at radius 1 is 1.15 bits per heavy atom. The maximum absolute atomic E-state index is 13.5. The summed E-state index contributed by atoms with van der Waals surface area (Å²) >= 11 is 3.37. The van der Waals surface area contributed by atoms with Gasteiger partial charge < -0.3 is 10.5 Å². The van der Waals surface area contributed by atoms with E-state index in [2.05, 4.69) is 15.9 Å². The Kier molecular flexibility index (Phi) is 4.73. The van der Waals surface area contributed by atoms with Crippen molar-refractivity contribution < 1.29 is 13.5 Å². The molecular formula is C15H14BrF2NO. The van der Waals surface area contributed by atoms with Crippen LogP contribution in [-0.2, 0) is 6.42 Å². The third-order valence-electron chi connectivity index (χ3n) is 2.67. The van der Waals surface area contributed by atoms with Crippen LogP contribution >= 0.6 is 15.9 Å². The van der Waals surface area contributed by atoms with Gasteiger partial charge in [0.2, 0.25) is 0 Å². The Labute approximate surface area is 124 Å². The predicted molar refractivity (Wildman–Crippen MR) is 77.9 cm³/mol. The van der Waals surface area contributed by atoms with E-state index >= 15 is 0 Å². The predicted octanol–water partition coefficient (Wildman–Crippen LogP) is 4.41. The third kappa shape index (κ3) is 3.77. The van der Waals surface area contributed by atoms with Crippen LogP contribution in [-0.4, -0.2) is 6.04 Å². The first-order chi connectivity index (χ1) is 9.45. The second kappa shape index (κ2) is 6.33. The maximum atomic E-state index is 13.5. The van der Waals surface area contributed by atoms with E-state index in [1.807, 2.05) is 19.1 Å². The molecule has 0 aromatic heterocycles. The van der Waals surface area contributed by atoms with Crippen molar-refractivity contribution in [2.45, 2.75) is 19.4 Å². The van der Waals surface area contributed by atoms with Gasteiger partial charge in [-0.1, -0.05) is 6.07 Å². The molecule has 106 valence electrons. The van der Waals surface area contributed by atoms with E-state index in [0.717, 1.165) is 24.1 Å². The molecule has 1 unspecified atom stereocenters. The second-order valence-corrected chi connectivity index (χ2v) is 5.48. The molecule has 1 atom stereocenters. The molecule has 0 saturated heterocycles. The van der Waals surface area contributed by atoms with E-state index in [0.29, 0.717) is 10.2 Å². The highest BCUT2D eigenvalue weighted by Crippen LogP contribution is 2.32. The van der Waals surface area contributed by atoms with E-state index in [4.69, 9.17) is 10.5 Å². The largest absolute Gasteiger partial charge is 0.453 e. The van der Waals surface area contributed by atoms with Crippen LogP contribution in [0.25, 0.3) is 0 Å². The van der Waals surface area contributed by atoms with E-state index in [1.165, 1.54) is 6.07 Å². The van der Waals surface area contributed by atoms with Gasteiger partial charge in [-0.3, -0.25) is 0 Å². The fourth-order valence-electron chi connectivity index (χ4n) is 1.80. The molecule has 0 bridgehead atoms. The van der Waals surface area contributed by atoms with Gasteiger partial charge in [-0.2, -0.15) is 0 Å². The van der Waals surface area contributed by atoms with Crippen LogP contribution in [0.3, 0.4) is 0 Å². The summed E-state index contributed by atoms with van der Waals surface area (Å²) in [5.74, 6) is -0.936. The zero-order valence-corrected chi connectivity index (χ0v) is 12.5. The van der Waals surface area contributed by atoms with Gasteiger partial charge >= 0.3 is 0 Å². The molecule has 0 fully saturated rings.